The summed E-state index contributed by atoms with van der Waals surface area (Å²) in [6, 6.07) is 17.9. The number of rotatable bonds is 3. The fraction of sp³-hybridized carbons (Fsp3) is 0.462. The number of nitrogens with one attached hydrogen (secondary N) is 1. The van der Waals surface area contributed by atoms with Crippen LogP contribution < -0.4 is 5.32 Å². The van der Waals surface area contributed by atoms with Gasteiger partial charge in [0.2, 0.25) is 0 Å². The number of hydrogen-bond donors (Lipinski definition) is 1. The van der Waals surface area contributed by atoms with Gasteiger partial charge in [0, 0.05) is 35.4 Å². The summed E-state index contributed by atoms with van der Waals surface area (Å²) in [4.78, 5) is 21.0. The Morgan fingerprint density at radius 1 is 1.16 bits per heavy atom. The molecule has 1 saturated carbocycles. The van der Waals surface area contributed by atoms with Crippen LogP contribution in [0.4, 0.5) is 0 Å². The lowest BCUT2D eigenvalue weighted by Gasteiger charge is -2.53. The maximum absolute atomic E-state index is 14.1. The van der Waals surface area contributed by atoms with Crippen LogP contribution in [-0.2, 0) is 6.42 Å². The second kappa shape index (κ2) is 6.92. The van der Waals surface area contributed by atoms with Crippen molar-refractivity contribution in [2.75, 3.05) is 0 Å². The Hall–Kier alpha value is -2.66. The van der Waals surface area contributed by atoms with E-state index >= 15 is 0 Å². The molecule has 5 atom stereocenters. The van der Waals surface area contributed by atoms with Gasteiger partial charge in [-0.05, 0) is 56.7 Å². The van der Waals surface area contributed by atoms with Crippen LogP contribution in [0.5, 0.6) is 0 Å². The molecule has 1 amide bonds. The second-order valence-electron chi connectivity index (χ2n) is 9.97. The number of likely N-dealkylation sites (tertiary alicyclic amines) is 1. The smallest absolute Gasteiger partial charge is 0.274 e. The first kappa shape index (κ1) is 19.1. The van der Waals surface area contributed by atoms with Crippen LogP contribution in [0.1, 0.15) is 54.4 Å². The summed E-state index contributed by atoms with van der Waals surface area (Å²) in [6.07, 6.45) is 7.46. The van der Waals surface area contributed by atoms with Gasteiger partial charge in [-0.3, -0.25) is 4.79 Å². The molecular formula is C26H30N4O. The predicted octanol–water partition coefficient (Wildman–Crippen LogP) is 4.00. The van der Waals surface area contributed by atoms with Crippen LogP contribution in [-0.4, -0.2) is 44.4 Å². The standard InChI is InChI=1S/C26H30N4O/c1-17-8-6-13-24-28-20(16-29(17)24)25(31)30-21(14-18-9-4-3-5-10-18)19-15-26(2)22(27-19)11-7-12-23(26)30/h3-6,8-10,13,16,19,21-23,27H,7,11-12,14-15H2,1-2H3/t19-,21-,22-,23+,26-/m0/s1. The zero-order chi connectivity index (χ0) is 21.2. The number of pyridine rings is 1. The maximum Gasteiger partial charge on any atom is 0.274 e. The number of aromatic nitrogens is 2. The number of piperidine rings is 1. The molecule has 3 aliphatic rings. The molecule has 31 heavy (non-hydrogen) atoms. The van der Waals surface area contributed by atoms with Gasteiger partial charge >= 0.3 is 0 Å². The van der Waals surface area contributed by atoms with E-state index < -0.39 is 0 Å². The van der Waals surface area contributed by atoms with Gasteiger partial charge in [-0.1, -0.05) is 43.3 Å². The van der Waals surface area contributed by atoms with Gasteiger partial charge in [-0.2, -0.15) is 0 Å². The Bertz CT molecular complexity index is 1140. The second-order valence-corrected chi connectivity index (χ2v) is 9.97. The maximum atomic E-state index is 14.1. The average Bonchev–Trinajstić information content (AvgIpc) is 3.35. The molecule has 5 heteroatoms. The van der Waals surface area contributed by atoms with Gasteiger partial charge in [0.05, 0.1) is 6.04 Å². The minimum atomic E-state index is 0.0920. The summed E-state index contributed by atoms with van der Waals surface area (Å²) in [5.74, 6) is 0.0920. The van der Waals surface area contributed by atoms with E-state index in [-0.39, 0.29) is 23.4 Å². The molecule has 2 bridgehead atoms. The van der Waals surface area contributed by atoms with E-state index in [9.17, 15) is 4.79 Å². The van der Waals surface area contributed by atoms with Crippen molar-refractivity contribution >= 4 is 11.6 Å². The Balaban J connectivity index is 1.43. The summed E-state index contributed by atoms with van der Waals surface area (Å²) in [6.45, 7) is 4.46. The molecule has 1 N–H and O–H groups in total. The molecular weight excluding hydrogens is 384 g/mol. The van der Waals surface area contributed by atoms with Crippen LogP contribution in [0.2, 0.25) is 0 Å². The normalized spacial score (nSPS) is 31.9. The minimum Gasteiger partial charge on any atom is -0.329 e. The number of nitrogens with zero attached hydrogens (tertiary/aromatic N) is 3. The van der Waals surface area contributed by atoms with E-state index in [1.54, 1.807) is 0 Å². The van der Waals surface area contributed by atoms with Crippen LogP contribution in [0.3, 0.4) is 0 Å². The number of fused-ring (bicyclic) bond motifs is 2. The molecule has 4 heterocycles. The summed E-state index contributed by atoms with van der Waals surface area (Å²) < 4.78 is 2.03. The van der Waals surface area contributed by atoms with Crippen LogP contribution >= 0.6 is 0 Å². The Morgan fingerprint density at radius 2 is 2.00 bits per heavy atom. The predicted molar refractivity (Wildman–Crippen MR) is 121 cm³/mol. The number of imidazole rings is 1. The zero-order valence-electron chi connectivity index (χ0n) is 18.3. The monoisotopic (exact) mass is 414 g/mol. The number of carbonyl (C=O) groups is 1. The fourth-order valence-electron chi connectivity index (χ4n) is 6.65. The lowest BCUT2D eigenvalue weighted by molar-refractivity contribution is -0.0114. The molecule has 160 valence electrons. The fourth-order valence-corrected chi connectivity index (χ4v) is 6.65. The van der Waals surface area contributed by atoms with Crippen molar-refractivity contribution in [3.63, 3.8) is 0 Å². The highest BCUT2D eigenvalue weighted by molar-refractivity contribution is 5.93. The third-order valence-corrected chi connectivity index (χ3v) is 8.20. The number of aryl methyl sites for hydroxylation is 1. The van der Waals surface area contributed by atoms with Gasteiger partial charge in [-0.25, -0.2) is 4.98 Å². The molecule has 2 saturated heterocycles. The van der Waals surface area contributed by atoms with Gasteiger partial charge in [0.15, 0.2) is 0 Å². The molecule has 2 aliphatic heterocycles. The van der Waals surface area contributed by atoms with Crippen molar-refractivity contribution < 1.29 is 4.79 Å². The summed E-state index contributed by atoms with van der Waals surface area (Å²) >= 11 is 0. The van der Waals surface area contributed by atoms with Crippen LogP contribution in [0.25, 0.3) is 5.65 Å². The van der Waals surface area contributed by atoms with Crippen molar-refractivity contribution in [2.24, 2.45) is 5.41 Å². The molecule has 3 aromatic rings. The quantitative estimate of drug-likeness (QED) is 0.705. The van der Waals surface area contributed by atoms with E-state index in [2.05, 4.69) is 60.5 Å². The Labute approximate surface area is 183 Å². The van der Waals surface area contributed by atoms with Gasteiger partial charge in [0.1, 0.15) is 11.3 Å². The first-order valence-corrected chi connectivity index (χ1v) is 11.6. The van der Waals surface area contributed by atoms with Crippen LogP contribution in [0, 0.1) is 12.3 Å². The van der Waals surface area contributed by atoms with Crippen molar-refractivity contribution in [3.05, 3.63) is 71.7 Å². The first-order valence-electron chi connectivity index (χ1n) is 11.6. The zero-order valence-corrected chi connectivity index (χ0v) is 18.3. The molecule has 6 rings (SSSR count). The summed E-state index contributed by atoms with van der Waals surface area (Å²) in [5, 5.41) is 3.95. The Morgan fingerprint density at radius 3 is 2.81 bits per heavy atom. The third kappa shape index (κ3) is 2.86. The topological polar surface area (TPSA) is 49.6 Å². The largest absolute Gasteiger partial charge is 0.329 e. The highest BCUT2D eigenvalue weighted by atomic mass is 16.2. The van der Waals surface area contributed by atoms with E-state index in [0.717, 1.165) is 30.6 Å². The third-order valence-electron chi connectivity index (χ3n) is 8.20. The van der Waals surface area contributed by atoms with E-state index in [4.69, 9.17) is 4.98 Å². The van der Waals surface area contributed by atoms with Crippen molar-refractivity contribution in [3.8, 4) is 0 Å². The van der Waals surface area contributed by atoms with Gasteiger partial charge < -0.3 is 14.6 Å². The van der Waals surface area contributed by atoms with Crippen LogP contribution in [0.15, 0.2) is 54.7 Å². The molecule has 1 aliphatic carbocycles. The van der Waals surface area contributed by atoms with E-state index in [1.165, 1.54) is 18.4 Å². The number of benzene rings is 1. The van der Waals surface area contributed by atoms with Crippen molar-refractivity contribution in [1.82, 2.24) is 19.6 Å². The summed E-state index contributed by atoms with van der Waals surface area (Å²) in [7, 11) is 0. The molecule has 0 unspecified atom stereocenters. The molecule has 0 radical (unpaired) electrons. The Kier molecular flexibility index (Phi) is 4.26. The SMILES string of the molecule is Cc1cccc2nc(C(=O)N3[C@@H](Cc4ccccc4)[C@@H]4C[C@@]5(C)[C@H](CCC[C@@H]35)N4)cn12. The van der Waals surface area contributed by atoms with Crippen molar-refractivity contribution in [1.29, 1.82) is 0 Å². The lowest BCUT2D eigenvalue weighted by atomic mass is 9.64. The molecule has 0 spiro atoms. The summed E-state index contributed by atoms with van der Waals surface area (Å²) in [5.41, 5.74) is 3.95. The molecule has 5 nitrogen and oxygen atoms in total. The molecule has 1 aromatic carbocycles. The molecule has 3 fully saturated rings. The van der Waals surface area contributed by atoms with E-state index in [0.29, 0.717) is 17.8 Å². The van der Waals surface area contributed by atoms with E-state index in [1.807, 2.05) is 22.7 Å². The number of hydrogen-bond acceptors (Lipinski definition) is 3. The van der Waals surface area contributed by atoms with Gasteiger partial charge in [-0.15, -0.1) is 0 Å². The minimum absolute atomic E-state index is 0.0920. The van der Waals surface area contributed by atoms with Gasteiger partial charge in [0.25, 0.3) is 5.91 Å². The molecule has 2 aromatic heterocycles. The first-order chi connectivity index (χ1) is 15.0. The number of carbonyl (C=O) groups excluding carboxylic acids is 1. The lowest BCUT2D eigenvalue weighted by Crippen LogP contribution is -2.62. The highest BCUT2D eigenvalue weighted by Crippen LogP contribution is 2.52. The highest BCUT2D eigenvalue weighted by Gasteiger charge is 2.60. The average molecular weight is 415 g/mol. The number of amides is 1. The van der Waals surface area contributed by atoms with Crippen molar-refractivity contribution in [2.45, 2.75) is 70.1 Å².